The largest absolute Gasteiger partial charge is 0.478 e. The summed E-state index contributed by atoms with van der Waals surface area (Å²) in [5.74, 6) is -1.29. The van der Waals surface area contributed by atoms with Crippen molar-refractivity contribution >= 4 is 23.5 Å². The molecule has 0 bridgehead atoms. The Bertz CT molecular complexity index is 581. The van der Waals surface area contributed by atoms with E-state index >= 15 is 0 Å². The summed E-state index contributed by atoms with van der Waals surface area (Å²) in [6.07, 6.45) is 0.790. The molecule has 1 aromatic rings. The van der Waals surface area contributed by atoms with Gasteiger partial charge in [0, 0.05) is 26.2 Å². The first-order valence-electron chi connectivity index (χ1n) is 6.27. The van der Waals surface area contributed by atoms with E-state index in [1.54, 1.807) is 26.2 Å². The van der Waals surface area contributed by atoms with E-state index in [-0.39, 0.29) is 30.3 Å². The SMILES string of the molecule is CN(C)C(=O)CN1C(=O)CCc2cc(C(=O)O)ccc21. The van der Waals surface area contributed by atoms with Crippen LogP contribution in [-0.2, 0) is 16.0 Å². The molecule has 1 aliphatic heterocycles. The number of hydrogen-bond acceptors (Lipinski definition) is 3. The molecule has 6 nitrogen and oxygen atoms in total. The lowest BCUT2D eigenvalue weighted by atomic mass is 9.98. The molecule has 2 amide bonds. The van der Waals surface area contributed by atoms with Crippen LogP contribution in [0.1, 0.15) is 22.3 Å². The van der Waals surface area contributed by atoms with Crippen LogP contribution >= 0.6 is 0 Å². The van der Waals surface area contributed by atoms with Gasteiger partial charge in [0.2, 0.25) is 11.8 Å². The zero-order valence-corrected chi connectivity index (χ0v) is 11.4. The number of carbonyl (C=O) groups is 3. The molecule has 106 valence electrons. The molecular formula is C14H16N2O4. The molecule has 20 heavy (non-hydrogen) atoms. The van der Waals surface area contributed by atoms with Crippen molar-refractivity contribution in [2.24, 2.45) is 0 Å². The van der Waals surface area contributed by atoms with Gasteiger partial charge in [0.15, 0.2) is 0 Å². The highest BCUT2D eigenvalue weighted by Crippen LogP contribution is 2.28. The summed E-state index contributed by atoms with van der Waals surface area (Å²) in [5, 5.41) is 8.98. The number of hydrogen-bond donors (Lipinski definition) is 1. The number of likely N-dealkylation sites (N-methyl/N-ethyl adjacent to an activating group) is 1. The topological polar surface area (TPSA) is 77.9 Å². The Labute approximate surface area is 116 Å². The van der Waals surface area contributed by atoms with Gasteiger partial charge < -0.3 is 14.9 Å². The number of anilines is 1. The van der Waals surface area contributed by atoms with E-state index in [1.165, 1.54) is 15.9 Å². The zero-order chi connectivity index (χ0) is 14.9. The predicted molar refractivity (Wildman–Crippen MR) is 72.8 cm³/mol. The van der Waals surface area contributed by atoms with Crippen LogP contribution in [-0.4, -0.2) is 48.4 Å². The highest BCUT2D eigenvalue weighted by molar-refractivity contribution is 6.01. The molecule has 0 aromatic heterocycles. The van der Waals surface area contributed by atoms with E-state index in [0.29, 0.717) is 12.1 Å². The highest BCUT2D eigenvalue weighted by atomic mass is 16.4. The van der Waals surface area contributed by atoms with E-state index in [4.69, 9.17) is 5.11 Å². The van der Waals surface area contributed by atoms with Gasteiger partial charge >= 0.3 is 5.97 Å². The summed E-state index contributed by atoms with van der Waals surface area (Å²) in [6.45, 7) is -0.0226. The molecule has 1 heterocycles. The summed E-state index contributed by atoms with van der Waals surface area (Å²) < 4.78 is 0. The van der Waals surface area contributed by atoms with E-state index < -0.39 is 5.97 Å². The summed E-state index contributed by atoms with van der Waals surface area (Å²) >= 11 is 0. The summed E-state index contributed by atoms with van der Waals surface area (Å²) in [4.78, 5) is 37.6. The number of aryl methyl sites for hydroxylation is 1. The fourth-order valence-electron chi connectivity index (χ4n) is 2.14. The van der Waals surface area contributed by atoms with Gasteiger partial charge in [-0.15, -0.1) is 0 Å². The third-order valence-electron chi connectivity index (χ3n) is 3.32. The molecule has 1 aliphatic rings. The molecule has 0 saturated heterocycles. The number of carbonyl (C=O) groups excluding carboxylic acids is 2. The van der Waals surface area contributed by atoms with E-state index in [1.807, 2.05) is 0 Å². The molecule has 1 aromatic carbocycles. The molecule has 0 fully saturated rings. The second-order valence-corrected chi connectivity index (χ2v) is 4.92. The fraction of sp³-hybridized carbons (Fsp3) is 0.357. The van der Waals surface area contributed by atoms with Crippen LogP contribution in [0.2, 0.25) is 0 Å². The first-order chi connectivity index (χ1) is 9.40. The van der Waals surface area contributed by atoms with Crippen molar-refractivity contribution in [1.29, 1.82) is 0 Å². The Kier molecular flexibility index (Phi) is 3.74. The number of rotatable bonds is 3. The Morgan fingerprint density at radius 2 is 2.00 bits per heavy atom. The summed E-state index contributed by atoms with van der Waals surface area (Å²) in [7, 11) is 3.26. The minimum Gasteiger partial charge on any atom is -0.478 e. The maximum Gasteiger partial charge on any atom is 0.335 e. The normalized spacial score (nSPS) is 13.9. The highest BCUT2D eigenvalue weighted by Gasteiger charge is 2.27. The van der Waals surface area contributed by atoms with Gasteiger partial charge in [0.1, 0.15) is 6.54 Å². The van der Waals surface area contributed by atoms with Crippen molar-refractivity contribution in [3.05, 3.63) is 29.3 Å². The first kappa shape index (κ1) is 14.0. The number of nitrogens with zero attached hydrogens (tertiary/aromatic N) is 2. The second-order valence-electron chi connectivity index (χ2n) is 4.92. The van der Waals surface area contributed by atoms with Gasteiger partial charge in [-0.25, -0.2) is 4.79 Å². The number of amides is 2. The van der Waals surface area contributed by atoms with Crippen LogP contribution in [0.25, 0.3) is 0 Å². The average molecular weight is 276 g/mol. The standard InChI is InChI=1S/C14H16N2O4/c1-15(2)13(18)8-16-11-5-3-10(14(19)20)7-9(11)4-6-12(16)17/h3,5,7H,4,6,8H2,1-2H3,(H,19,20). The zero-order valence-electron chi connectivity index (χ0n) is 11.4. The maximum absolute atomic E-state index is 12.0. The van der Waals surface area contributed by atoms with E-state index in [9.17, 15) is 14.4 Å². The van der Waals surface area contributed by atoms with Gasteiger partial charge in [-0.3, -0.25) is 9.59 Å². The van der Waals surface area contributed by atoms with Gasteiger partial charge in [0.05, 0.1) is 5.56 Å². The number of benzene rings is 1. The maximum atomic E-state index is 12.0. The third kappa shape index (κ3) is 2.64. The summed E-state index contributed by atoms with van der Waals surface area (Å²) in [5.41, 5.74) is 1.61. The third-order valence-corrected chi connectivity index (χ3v) is 3.32. The van der Waals surface area contributed by atoms with Gasteiger partial charge in [0.25, 0.3) is 0 Å². The number of carboxylic acid groups (broad SMARTS) is 1. The van der Waals surface area contributed by atoms with Crippen LogP contribution in [0, 0.1) is 0 Å². The number of fused-ring (bicyclic) bond motifs is 1. The molecule has 6 heteroatoms. The van der Waals surface area contributed by atoms with Crippen molar-refractivity contribution in [2.75, 3.05) is 25.5 Å². The minimum atomic E-state index is -0.999. The van der Waals surface area contributed by atoms with Crippen LogP contribution in [0.4, 0.5) is 5.69 Å². The Balaban J connectivity index is 2.34. The molecule has 0 aliphatic carbocycles. The van der Waals surface area contributed by atoms with Crippen molar-refractivity contribution in [2.45, 2.75) is 12.8 Å². The van der Waals surface area contributed by atoms with Gasteiger partial charge in [-0.2, -0.15) is 0 Å². The molecule has 0 atom stereocenters. The van der Waals surface area contributed by atoms with Crippen molar-refractivity contribution in [1.82, 2.24) is 4.90 Å². The van der Waals surface area contributed by atoms with E-state index in [2.05, 4.69) is 0 Å². The van der Waals surface area contributed by atoms with Crippen molar-refractivity contribution in [3.63, 3.8) is 0 Å². The quantitative estimate of drug-likeness (QED) is 0.883. The van der Waals surface area contributed by atoms with Crippen LogP contribution in [0.3, 0.4) is 0 Å². The van der Waals surface area contributed by atoms with Crippen LogP contribution < -0.4 is 4.90 Å². The lowest BCUT2D eigenvalue weighted by Gasteiger charge is -2.30. The monoisotopic (exact) mass is 276 g/mol. The van der Waals surface area contributed by atoms with Crippen molar-refractivity contribution in [3.8, 4) is 0 Å². The number of carboxylic acids is 1. The molecule has 2 rings (SSSR count). The first-order valence-corrected chi connectivity index (χ1v) is 6.27. The predicted octanol–water partition coefficient (Wildman–Crippen LogP) is 0.752. The average Bonchev–Trinajstić information content (AvgIpc) is 2.41. The molecular weight excluding hydrogens is 260 g/mol. The molecule has 0 unspecified atom stereocenters. The van der Waals surface area contributed by atoms with E-state index in [0.717, 1.165) is 5.56 Å². The fourth-order valence-corrected chi connectivity index (χ4v) is 2.14. The summed E-state index contributed by atoms with van der Waals surface area (Å²) in [6, 6.07) is 4.61. The minimum absolute atomic E-state index is 0.0226. The lowest BCUT2D eigenvalue weighted by molar-refractivity contribution is -0.129. The van der Waals surface area contributed by atoms with Crippen LogP contribution in [0.15, 0.2) is 18.2 Å². The lowest BCUT2D eigenvalue weighted by Crippen LogP contribution is -2.42. The van der Waals surface area contributed by atoms with Gasteiger partial charge in [-0.1, -0.05) is 0 Å². The van der Waals surface area contributed by atoms with Crippen LogP contribution in [0.5, 0.6) is 0 Å². The van der Waals surface area contributed by atoms with Gasteiger partial charge in [-0.05, 0) is 30.2 Å². The second kappa shape index (κ2) is 5.32. The Morgan fingerprint density at radius 3 is 2.60 bits per heavy atom. The number of aromatic carboxylic acids is 1. The Hall–Kier alpha value is -2.37. The molecule has 1 N–H and O–H groups in total. The molecule has 0 spiro atoms. The molecule has 0 saturated carbocycles. The smallest absolute Gasteiger partial charge is 0.335 e. The molecule has 0 radical (unpaired) electrons. The van der Waals surface area contributed by atoms with Crippen molar-refractivity contribution < 1.29 is 19.5 Å². The Morgan fingerprint density at radius 1 is 1.30 bits per heavy atom.